The second-order valence-electron chi connectivity index (χ2n) is 5.04. The number of methoxy groups -OCH3 is 1. The van der Waals surface area contributed by atoms with E-state index in [0.717, 1.165) is 31.0 Å². The molecule has 110 valence electrons. The molecule has 5 heteroatoms. The summed E-state index contributed by atoms with van der Waals surface area (Å²) in [4.78, 5) is 11.4. The van der Waals surface area contributed by atoms with E-state index < -0.39 is 11.6 Å². The molecule has 1 saturated carbocycles. The van der Waals surface area contributed by atoms with Gasteiger partial charge in [-0.3, -0.25) is 4.79 Å². The lowest BCUT2D eigenvalue weighted by molar-refractivity contribution is -0.147. The van der Waals surface area contributed by atoms with E-state index in [9.17, 15) is 13.6 Å². The lowest BCUT2D eigenvalue weighted by Crippen LogP contribution is -2.27. The van der Waals surface area contributed by atoms with Crippen molar-refractivity contribution < 1.29 is 23.0 Å². The number of halogens is 2. The molecule has 1 aliphatic rings. The SMILES string of the molecule is COC(=O)C1CCC(OCc2cc(F)ccc2F)CC1. The number of hydrogen-bond acceptors (Lipinski definition) is 3. The summed E-state index contributed by atoms with van der Waals surface area (Å²) in [5, 5.41) is 0. The van der Waals surface area contributed by atoms with Crippen LogP contribution in [0.15, 0.2) is 18.2 Å². The van der Waals surface area contributed by atoms with E-state index in [4.69, 9.17) is 9.47 Å². The molecule has 3 nitrogen and oxygen atoms in total. The Balaban J connectivity index is 1.81. The summed E-state index contributed by atoms with van der Waals surface area (Å²) in [5.74, 6) is -1.18. The first kappa shape index (κ1) is 14.9. The monoisotopic (exact) mass is 284 g/mol. The van der Waals surface area contributed by atoms with Crippen molar-refractivity contribution in [2.45, 2.75) is 38.4 Å². The Kier molecular flexibility index (Phi) is 5.06. The van der Waals surface area contributed by atoms with Crippen LogP contribution >= 0.6 is 0 Å². The van der Waals surface area contributed by atoms with Crippen molar-refractivity contribution in [3.63, 3.8) is 0 Å². The van der Waals surface area contributed by atoms with Crippen molar-refractivity contribution in [1.29, 1.82) is 0 Å². The fourth-order valence-electron chi connectivity index (χ4n) is 2.49. The molecule has 1 aromatic rings. The molecule has 1 fully saturated rings. The molecule has 0 atom stereocenters. The van der Waals surface area contributed by atoms with Crippen molar-refractivity contribution in [3.05, 3.63) is 35.4 Å². The molecule has 1 aliphatic carbocycles. The summed E-state index contributed by atoms with van der Waals surface area (Å²) >= 11 is 0. The Hall–Kier alpha value is -1.49. The number of esters is 1. The molecule has 1 aromatic carbocycles. The fraction of sp³-hybridized carbons (Fsp3) is 0.533. The van der Waals surface area contributed by atoms with Crippen molar-refractivity contribution >= 4 is 5.97 Å². The smallest absolute Gasteiger partial charge is 0.308 e. The molecule has 0 radical (unpaired) electrons. The maximum absolute atomic E-state index is 13.4. The third-order valence-corrected chi connectivity index (χ3v) is 3.69. The standard InChI is InChI=1S/C15H18F2O3/c1-19-15(18)10-2-5-13(6-3-10)20-9-11-8-12(16)4-7-14(11)17/h4,7-8,10,13H,2-3,5-6,9H2,1H3. The maximum Gasteiger partial charge on any atom is 0.308 e. The van der Waals surface area contributed by atoms with Crippen molar-refractivity contribution in [3.8, 4) is 0 Å². The van der Waals surface area contributed by atoms with Crippen LogP contribution in [0, 0.1) is 17.6 Å². The van der Waals surface area contributed by atoms with Crippen LogP contribution in [0.1, 0.15) is 31.2 Å². The molecule has 0 spiro atoms. The summed E-state index contributed by atoms with van der Waals surface area (Å²) < 4.78 is 36.8. The summed E-state index contributed by atoms with van der Waals surface area (Å²) in [5.41, 5.74) is 0.222. The molecule has 0 heterocycles. The van der Waals surface area contributed by atoms with Gasteiger partial charge in [-0.05, 0) is 43.9 Å². The van der Waals surface area contributed by atoms with E-state index in [2.05, 4.69) is 0 Å². The molecule has 0 aromatic heterocycles. The molecular weight excluding hydrogens is 266 g/mol. The predicted molar refractivity (Wildman–Crippen MR) is 68.9 cm³/mol. The molecule has 0 aliphatic heterocycles. The molecule has 2 rings (SSSR count). The predicted octanol–water partition coefficient (Wildman–Crippen LogP) is 3.21. The molecule has 0 N–H and O–H groups in total. The van der Waals surface area contributed by atoms with Gasteiger partial charge in [0.1, 0.15) is 11.6 Å². The minimum atomic E-state index is -0.473. The minimum absolute atomic E-state index is 0.0152. The van der Waals surface area contributed by atoms with Crippen LogP contribution in [-0.2, 0) is 20.9 Å². The Bertz CT molecular complexity index is 468. The number of rotatable bonds is 4. The average molecular weight is 284 g/mol. The quantitative estimate of drug-likeness (QED) is 0.796. The van der Waals surface area contributed by atoms with Gasteiger partial charge in [0.05, 0.1) is 25.7 Å². The third-order valence-electron chi connectivity index (χ3n) is 3.69. The van der Waals surface area contributed by atoms with E-state index in [0.29, 0.717) is 12.8 Å². The van der Waals surface area contributed by atoms with Gasteiger partial charge in [-0.25, -0.2) is 8.78 Å². The first-order chi connectivity index (χ1) is 9.60. The number of carbonyl (C=O) groups excluding carboxylic acids is 1. The topological polar surface area (TPSA) is 35.5 Å². The Morgan fingerprint density at radius 3 is 2.60 bits per heavy atom. The lowest BCUT2D eigenvalue weighted by atomic mass is 9.87. The first-order valence-corrected chi connectivity index (χ1v) is 6.73. The molecule has 0 saturated heterocycles. The van der Waals surface area contributed by atoms with Crippen molar-refractivity contribution in [1.82, 2.24) is 0 Å². The largest absolute Gasteiger partial charge is 0.469 e. The van der Waals surface area contributed by atoms with Gasteiger partial charge in [0.2, 0.25) is 0 Å². The maximum atomic E-state index is 13.4. The molecule has 0 unspecified atom stereocenters. The number of hydrogen-bond donors (Lipinski definition) is 0. The zero-order valence-electron chi connectivity index (χ0n) is 11.4. The van der Waals surface area contributed by atoms with Crippen LogP contribution in [0.5, 0.6) is 0 Å². The van der Waals surface area contributed by atoms with Crippen LogP contribution in [0.4, 0.5) is 8.78 Å². The summed E-state index contributed by atoms with van der Waals surface area (Å²) in [6.45, 7) is 0.0527. The van der Waals surface area contributed by atoms with E-state index in [1.165, 1.54) is 7.11 Å². The van der Waals surface area contributed by atoms with E-state index in [-0.39, 0.29) is 30.2 Å². The van der Waals surface area contributed by atoms with Gasteiger partial charge in [0.25, 0.3) is 0 Å². The number of ether oxygens (including phenoxy) is 2. The van der Waals surface area contributed by atoms with E-state index >= 15 is 0 Å². The second-order valence-corrected chi connectivity index (χ2v) is 5.04. The van der Waals surface area contributed by atoms with Crippen LogP contribution < -0.4 is 0 Å². The van der Waals surface area contributed by atoms with Gasteiger partial charge in [0, 0.05) is 5.56 Å². The zero-order valence-corrected chi connectivity index (χ0v) is 11.4. The molecule has 0 bridgehead atoms. The van der Waals surface area contributed by atoms with Crippen molar-refractivity contribution in [2.75, 3.05) is 7.11 Å². The van der Waals surface area contributed by atoms with Crippen LogP contribution in [0.3, 0.4) is 0 Å². The zero-order chi connectivity index (χ0) is 14.5. The van der Waals surface area contributed by atoms with Gasteiger partial charge >= 0.3 is 5.97 Å². The molecular formula is C15H18F2O3. The Morgan fingerprint density at radius 2 is 1.95 bits per heavy atom. The highest BCUT2D eigenvalue weighted by molar-refractivity contribution is 5.72. The summed E-state index contributed by atoms with van der Waals surface area (Å²) in [6.07, 6.45) is 2.87. The average Bonchev–Trinajstić information content (AvgIpc) is 2.48. The highest BCUT2D eigenvalue weighted by atomic mass is 19.1. The Morgan fingerprint density at radius 1 is 1.25 bits per heavy atom. The van der Waals surface area contributed by atoms with Gasteiger partial charge in [-0.2, -0.15) is 0 Å². The van der Waals surface area contributed by atoms with Crippen LogP contribution in [0.2, 0.25) is 0 Å². The van der Waals surface area contributed by atoms with Gasteiger partial charge < -0.3 is 9.47 Å². The minimum Gasteiger partial charge on any atom is -0.469 e. The van der Waals surface area contributed by atoms with Gasteiger partial charge in [-0.15, -0.1) is 0 Å². The van der Waals surface area contributed by atoms with Crippen LogP contribution in [-0.4, -0.2) is 19.2 Å². The normalized spacial score (nSPS) is 22.6. The van der Waals surface area contributed by atoms with Crippen molar-refractivity contribution in [2.24, 2.45) is 5.92 Å². The first-order valence-electron chi connectivity index (χ1n) is 6.73. The van der Waals surface area contributed by atoms with Gasteiger partial charge in [-0.1, -0.05) is 0 Å². The van der Waals surface area contributed by atoms with Crippen LogP contribution in [0.25, 0.3) is 0 Å². The summed E-state index contributed by atoms with van der Waals surface area (Å²) in [6, 6.07) is 3.33. The Labute approximate surface area is 116 Å². The third kappa shape index (κ3) is 3.76. The molecule has 0 amide bonds. The fourth-order valence-corrected chi connectivity index (χ4v) is 2.49. The van der Waals surface area contributed by atoms with E-state index in [1.54, 1.807) is 0 Å². The second kappa shape index (κ2) is 6.79. The summed E-state index contributed by atoms with van der Waals surface area (Å²) in [7, 11) is 1.39. The lowest BCUT2D eigenvalue weighted by Gasteiger charge is -2.27. The van der Waals surface area contributed by atoms with Gasteiger partial charge in [0.15, 0.2) is 0 Å². The molecule has 20 heavy (non-hydrogen) atoms. The number of carbonyl (C=O) groups is 1. The highest BCUT2D eigenvalue weighted by Gasteiger charge is 2.27. The highest BCUT2D eigenvalue weighted by Crippen LogP contribution is 2.27. The number of benzene rings is 1. The van der Waals surface area contributed by atoms with E-state index in [1.807, 2.05) is 0 Å².